The van der Waals surface area contributed by atoms with Crippen LogP contribution in [0.2, 0.25) is 0 Å². The Morgan fingerprint density at radius 3 is 2.79 bits per heavy atom. The summed E-state index contributed by atoms with van der Waals surface area (Å²) in [6.45, 7) is 1.42. The number of amides is 1. The van der Waals surface area contributed by atoms with Gasteiger partial charge in [-0.15, -0.1) is 0 Å². The predicted octanol–water partition coefficient (Wildman–Crippen LogP) is 3.69. The van der Waals surface area contributed by atoms with Gasteiger partial charge in [-0.05, 0) is 56.2 Å². The zero-order valence-corrected chi connectivity index (χ0v) is 16.4. The van der Waals surface area contributed by atoms with E-state index in [1.165, 1.54) is 19.3 Å². The van der Waals surface area contributed by atoms with Crippen molar-refractivity contribution in [2.75, 3.05) is 23.7 Å². The molecule has 7 nitrogen and oxygen atoms in total. The van der Waals surface area contributed by atoms with Crippen molar-refractivity contribution in [1.82, 2.24) is 15.3 Å². The predicted molar refractivity (Wildman–Crippen MR) is 112 cm³/mol. The van der Waals surface area contributed by atoms with Crippen LogP contribution in [0.25, 0.3) is 0 Å². The van der Waals surface area contributed by atoms with Crippen molar-refractivity contribution in [3.8, 4) is 6.07 Å². The second-order valence-corrected chi connectivity index (χ2v) is 7.79. The smallest absolute Gasteiger partial charge is 0.229 e. The summed E-state index contributed by atoms with van der Waals surface area (Å²) in [6, 6.07) is 9.39. The highest BCUT2D eigenvalue weighted by Gasteiger charge is 2.28. The van der Waals surface area contributed by atoms with Crippen LogP contribution in [0.4, 0.5) is 17.5 Å². The average Bonchev–Trinajstić information content (AvgIpc) is 3.52. The molecule has 2 aliphatic carbocycles. The van der Waals surface area contributed by atoms with Gasteiger partial charge in [-0.25, -0.2) is 4.98 Å². The van der Waals surface area contributed by atoms with Crippen LogP contribution in [0.3, 0.4) is 0 Å². The summed E-state index contributed by atoms with van der Waals surface area (Å²) in [4.78, 5) is 21.0. The van der Waals surface area contributed by atoms with Crippen LogP contribution in [-0.4, -0.2) is 29.0 Å². The monoisotopic (exact) mass is 390 g/mol. The molecule has 2 aromatic rings. The van der Waals surface area contributed by atoms with E-state index in [1.54, 1.807) is 12.1 Å². The fraction of sp³-hybridized carbons (Fsp3) is 0.455. The van der Waals surface area contributed by atoms with Gasteiger partial charge < -0.3 is 16.0 Å². The van der Waals surface area contributed by atoms with Gasteiger partial charge in [-0.1, -0.05) is 12.5 Å². The van der Waals surface area contributed by atoms with Crippen LogP contribution in [0.1, 0.15) is 55.6 Å². The summed E-state index contributed by atoms with van der Waals surface area (Å²) in [5, 5.41) is 18.7. The molecule has 150 valence electrons. The van der Waals surface area contributed by atoms with Crippen LogP contribution in [-0.2, 0) is 4.79 Å². The molecular formula is C22H26N6O. The third-order valence-corrected chi connectivity index (χ3v) is 5.50. The largest absolute Gasteiger partial charge is 0.370 e. The van der Waals surface area contributed by atoms with Crippen LogP contribution in [0, 0.1) is 17.2 Å². The molecule has 4 rings (SSSR count). The molecule has 3 N–H and O–H groups in total. The van der Waals surface area contributed by atoms with Crippen molar-refractivity contribution < 1.29 is 4.79 Å². The number of rotatable bonds is 9. The Kier molecular flexibility index (Phi) is 5.89. The van der Waals surface area contributed by atoms with Crippen molar-refractivity contribution >= 4 is 23.4 Å². The summed E-state index contributed by atoms with van der Waals surface area (Å²) in [5.74, 6) is 2.33. The first kappa shape index (κ1) is 19.2. The van der Waals surface area contributed by atoms with Gasteiger partial charge >= 0.3 is 0 Å². The fourth-order valence-electron chi connectivity index (χ4n) is 3.40. The molecule has 1 aromatic carbocycles. The normalized spacial score (nSPS) is 15.8. The van der Waals surface area contributed by atoms with Crippen LogP contribution in [0.5, 0.6) is 0 Å². The lowest BCUT2D eigenvalue weighted by atomic mass is 9.85. The number of carbonyl (C=O) groups excluding carboxylic acids is 1. The molecule has 2 saturated carbocycles. The SMILES string of the molecule is N#Cc1cccc(Nc2ncc(C3CC3)c(NCCCNC(=O)C3CCC3)n2)c1. The number of hydrogen-bond acceptors (Lipinski definition) is 6. The van der Waals surface area contributed by atoms with E-state index in [1.807, 2.05) is 18.3 Å². The van der Waals surface area contributed by atoms with E-state index >= 15 is 0 Å². The quantitative estimate of drug-likeness (QED) is 0.564. The molecule has 1 aromatic heterocycles. The van der Waals surface area contributed by atoms with E-state index in [2.05, 4.69) is 32.0 Å². The second-order valence-electron chi connectivity index (χ2n) is 7.79. The highest BCUT2D eigenvalue weighted by Crippen LogP contribution is 2.42. The van der Waals surface area contributed by atoms with Gasteiger partial charge in [0.25, 0.3) is 0 Å². The van der Waals surface area contributed by atoms with Crippen LogP contribution >= 0.6 is 0 Å². The molecule has 29 heavy (non-hydrogen) atoms. The van der Waals surface area contributed by atoms with E-state index < -0.39 is 0 Å². The number of aromatic nitrogens is 2. The Morgan fingerprint density at radius 2 is 2.07 bits per heavy atom. The summed E-state index contributed by atoms with van der Waals surface area (Å²) in [5.41, 5.74) is 2.53. The summed E-state index contributed by atoms with van der Waals surface area (Å²) >= 11 is 0. The van der Waals surface area contributed by atoms with E-state index in [4.69, 9.17) is 5.26 Å². The number of anilines is 3. The van der Waals surface area contributed by atoms with Crippen LogP contribution in [0.15, 0.2) is 30.5 Å². The molecule has 0 radical (unpaired) electrons. The molecule has 1 heterocycles. The van der Waals surface area contributed by atoms with Crippen molar-refractivity contribution in [3.63, 3.8) is 0 Å². The minimum Gasteiger partial charge on any atom is -0.370 e. The number of nitrogens with one attached hydrogen (secondary N) is 3. The minimum atomic E-state index is 0.197. The van der Waals surface area contributed by atoms with Crippen molar-refractivity contribution in [3.05, 3.63) is 41.6 Å². The van der Waals surface area contributed by atoms with Gasteiger partial charge in [0.2, 0.25) is 11.9 Å². The number of carbonyl (C=O) groups is 1. The highest BCUT2D eigenvalue weighted by atomic mass is 16.1. The molecule has 2 fully saturated rings. The molecule has 0 spiro atoms. The molecule has 1 amide bonds. The molecule has 2 aliphatic rings. The standard InChI is InChI=1S/C22H26N6O/c23-13-15-4-1-7-18(12-15)27-22-26-14-19(16-8-9-16)20(28-22)24-10-3-11-25-21(29)17-5-2-6-17/h1,4,7,12,14,16-17H,2-3,5-6,8-11H2,(H,25,29)(H2,24,26,27,28). The number of benzene rings is 1. The topological polar surface area (TPSA) is 103 Å². The maximum absolute atomic E-state index is 11.9. The van der Waals surface area contributed by atoms with Crippen molar-refractivity contribution in [2.45, 2.75) is 44.4 Å². The molecule has 0 unspecified atom stereocenters. The fourth-order valence-corrected chi connectivity index (χ4v) is 3.40. The summed E-state index contributed by atoms with van der Waals surface area (Å²) in [7, 11) is 0. The Hall–Kier alpha value is -3.14. The average molecular weight is 390 g/mol. The molecular weight excluding hydrogens is 364 g/mol. The van der Waals surface area contributed by atoms with E-state index in [0.717, 1.165) is 42.9 Å². The lowest BCUT2D eigenvalue weighted by Gasteiger charge is -2.24. The Bertz CT molecular complexity index is 914. The zero-order chi connectivity index (χ0) is 20.1. The first-order chi connectivity index (χ1) is 14.2. The summed E-state index contributed by atoms with van der Waals surface area (Å²) in [6.07, 6.45) is 8.32. The van der Waals surface area contributed by atoms with Crippen LogP contribution < -0.4 is 16.0 Å². The first-order valence-electron chi connectivity index (χ1n) is 10.4. The van der Waals surface area contributed by atoms with Gasteiger partial charge in [0, 0.05) is 36.5 Å². The van der Waals surface area contributed by atoms with Crippen molar-refractivity contribution in [1.29, 1.82) is 5.26 Å². The molecule has 0 atom stereocenters. The lowest BCUT2D eigenvalue weighted by Crippen LogP contribution is -2.35. The van der Waals surface area contributed by atoms with Gasteiger partial charge in [-0.3, -0.25) is 4.79 Å². The van der Waals surface area contributed by atoms with Gasteiger partial charge in [0.15, 0.2) is 0 Å². The van der Waals surface area contributed by atoms with Crippen molar-refractivity contribution in [2.24, 2.45) is 5.92 Å². The lowest BCUT2D eigenvalue weighted by molar-refractivity contribution is -0.127. The molecule has 0 saturated heterocycles. The maximum atomic E-state index is 11.9. The molecule has 0 bridgehead atoms. The van der Waals surface area contributed by atoms with Gasteiger partial charge in [0.1, 0.15) is 5.82 Å². The minimum absolute atomic E-state index is 0.197. The van der Waals surface area contributed by atoms with Gasteiger partial charge in [0.05, 0.1) is 11.6 Å². The Morgan fingerprint density at radius 1 is 1.21 bits per heavy atom. The Labute approximate surface area is 170 Å². The molecule has 7 heteroatoms. The first-order valence-corrected chi connectivity index (χ1v) is 10.4. The van der Waals surface area contributed by atoms with E-state index in [9.17, 15) is 4.79 Å². The highest BCUT2D eigenvalue weighted by molar-refractivity contribution is 5.79. The third kappa shape index (κ3) is 5.02. The second kappa shape index (κ2) is 8.91. The molecule has 0 aliphatic heterocycles. The summed E-state index contributed by atoms with van der Waals surface area (Å²) < 4.78 is 0. The number of hydrogen-bond donors (Lipinski definition) is 3. The van der Waals surface area contributed by atoms with E-state index in [0.29, 0.717) is 24.0 Å². The maximum Gasteiger partial charge on any atom is 0.229 e. The number of nitrogens with zero attached hydrogens (tertiary/aromatic N) is 3. The van der Waals surface area contributed by atoms with E-state index in [-0.39, 0.29) is 11.8 Å². The third-order valence-electron chi connectivity index (χ3n) is 5.50. The zero-order valence-electron chi connectivity index (χ0n) is 16.4. The Balaban J connectivity index is 1.34. The van der Waals surface area contributed by atoms with Gasteiger partial charge in [-0.2, -0.15) is 10.2 Å². The number of nitriles is 1.